The molecule has 8 heteroatoms. The number of hydrogen-bond donors (Lipinski definition) is 0. The predicted molar refractivity (Wildman–Crippen MR) is 119 cm³/mol. The fourth-order valence-corrected chi connectivity index (χ4v) is 4.81. The number of fused-ring (bicyclic) bond motifs is 1. The van der Waals surface area contributed by atoms with E-state index < -0.39 is 5.82 Å². The van der Waals surface area contributed by atoms with Gasteiger partial charge in [0.05, 0.1) is 11.9 Å². The smallest absolute Gasteiger partial charge is 0.255 e. The largest absolute Gasteiger partial charge is 0.342 e. The number of aromatic nitrogens is 3. The molecule has 1 aromatic carbocycles. The van der Waals surface area contributed by atoms with Crippen LogP contribution >= 0.6 is 0 Å². The standard InChI is InChI=1S/C24H24FN5O2/c1-14-4-6-15(7-5-14)23(32)30-12-17-18(13-30)22(17)29(3)24-27-20(10-21(31)28(24)2)16-8-9-26-11-19(16)25/h4-11,17-18,22H,12-13H2,1-3H3. The maximum Gasteiger partial charge on any atom is 0.255 e. The molecular formula is C24H24FN5O2. The number of piperidine rings is 1. The Hall–Kier alpha value is -3.55. The maximum absolute atomic E-state index is 14.2. The van der Waals surface area contributed by atoms with Crippen molar-refractivity contribution in [3.8, 4) is 11.3 Å². The molecule has 2 aromatic heterocycles. The molecule has 0 radical (unpaired) electrons. The molecule has 3 heterocycles. The number of anilines is 1. The number of carbonyl (C=O) groups excluding carboxylic acids is 1. The third kappa shape index (κ3) is 3.36. The van der Waals surface area contributed by atoms with E-state index >= 15 is 0 Å². The number of aryl methyl sites for hydroxylation is 1. The van der Waals surface area contributed by atoms with Crippen LogP contribution in [0.1, 0.15) is 15.9 Å². The van der Waals surface area contributed by atoms with E-state index in [2.05, 4.69) is 9.97 Å². The Morgan fingerprint density at radius 2 is 1.84 bits per heavy atom. The molecule has 1 aliphatic heterocycles. The van der Waals surface area contributed by atoms with Crippen LogP contribution in [0, 0.1) is 24.6 Å². The van der Waals surface area contributed by atoms with Crippen molar-refractivity contribution in [2.75, 3.05) is 25.0 Å². The molecule has 164 valence electrons. The lowest BCUT2D eigenvalue weighted by Crippen LogP contribution is -2.38. The van der Waals surface area contributed by atoms with Gasteiger partial charge < -0.3 is 9.80 Å². The monoisotopic (exact) mass is 433 g/mol. The highest BCUT2D eigenvalue weighted by atomic mass is 19.1. The van der Waals surface area contributed by atoms with Crippen molar-refractivity contribution in [3.05, 3.63) is 76.1 Å². The van der Waals surface area contributed by atoms with Crippen LogP contribution in [0.3, 0.4) is 0 Å². The number of nitrogens with zero attached hydrogens (tertiary/aromatic N) is 5. The molecular weight excluding hydrogens is 409 g/mol. The lowest BCUT2D eigenvalue weighted by atomic mass is 10.1. The number of amides is 1. The molecule has 3 aromatic rings. The molecule has 0 N–H and O–H groups in total. The molecule has 1 amide bonds. The highest BCUT2D eigenvalue weighted by Crippen LogP contribution is 2.49. The lowest BCUT2D eigenvalue weighted by molar-refractivity contribution is 0.0772. The number of pyridine rings is 1. The molecule has 2 aliphatic rings. The van der Waals surface area contributed by atoms with E-state index in [0.29, 0.717) is 36.4 Å². The van der Waals surface area contributed by atoms with Gasteiger partial charge in [0.1, 0.15) is 0 Å². The van der Waals surface area contributed by atoms with Crippen LogP contribution in [0.5, 0.6) is 0 Å². The molecule has 1 saturated carbocycles. The maximum atomic E-state index is 14.2. The van der Waals surface area contributed by atoms with Gasteiger partial charge in [0, 0.05) is 68.5 Å². The fraction of sp³-hybridized carbons (Fsp3) is 0.333. The Bertz CT molecular complexity index is 1240. The summed E-state index contributed by atoms with van der Waals surface area (Å²) in [6.45, 7) is 3.36. The zero-order valence-corrected chi connectivity index (χ0v) is 18.2. The van der Waals surface area contributed by atoms with Crippen molar-refractivity contribution in [3.63, 3.8) is 0 Å². The number of benzene rings is 1. The minimum atomic E-state index is -0.518. The van der Waals surface area contributed by atoms with Crippen molar-refractivity contribution < 1.29 is 9.18 Å². The van der Waals surface area contributed by atoms with E-state index in [1.54, 1.807) is 7.05 Å². The zero-order valence-electron chi connectivity index (χ0n) is 18.2. The van der Waals surface area contributed by atoms with Gasteiger partial charge in [0.15, 0.2) is 5.82 Å². The lowest BCUT2D eigenvalue weighted by Gasteiger charge is -2.26. The molecule has 2 atom stereocenters. The molecule has 1 aliphatic carbocycles. The summed E-state index contributed by atoms with van der Waals surface area (Å²) in [4.78, 5) is 37.6. The van der Waals surface area contributed by atoms with Gasteiger partial charge in [-0.05, 0) is 25.1 Å². The number of halogens is 1. The van der Waals surface area contributed by atoms with Gasteiger partial charge in [-0.1, -0.05) is 17.7 Å². The molecule has 2 unspecified atom stereocenters. The third-order valence-corrected chi connectivity index (χ3v) is 6.66. The van der Waals surface area contributed by atoms with Crippen molar-refractivity contribution in [1.82, 2.24) is 19.4 Å². The zero-order chi connectivity index (χ0) is 22.6. The number of hydrogen-bond acceptors (Lipinski definition) is 5. The van der Waals surface area contributed by atoms with Gasteiger partial charge in [0.2, 0.25) is 5.95 Å². The molecule has 1 saturated heterocycles. The molecule has 0 spiro atoms. The topological polar surface area (TPSA) is 71.3 Å². The van der Waals surface area contributed by atoms with E-state index in [1.807, 2.05) is 48.0 Å². The highest BCUT2D eigenvalue weighted by Gasteiger charge is 2.59. The summed E-state index contributed by atoms with van der Waals surface area (Å²) in [5.41, 5.74) is 2.11. The van der Waals surface area contributed by atoms with Gasteiger partial charge in [-0.3, -0.25) is 19.1 Å². The first kappa shape index (κ1) is 20.4. The Labute approximate surface area is 185 Å². The Balaban J connectivity index is 1.34. The Morgan fingerprint density at radius 1 is 1.16 bits per heavy atom. The normalized spacial score (nSPS) is 21.4. The number of likely N-dealkylation sites (tertiary alicyclic amines) is 1. The fourth-order valence-electron chi connectivity index (χ4n) is 4.81. The van der Waals surface area contributed by atoms with Crippen molar-refractivity contribution in [2.24, 2.45) is 18.9 Å². The van der Waals surface area contributed by atoms with E-state index in [9.17, 15) is 14.0 Å². The second-order valence-electron chi connectivity index (χ2n) is 8.70. The minimum Gasteiger partial charge on any atom is -0.342 e. The van der Waals surface area contributed by atoms with Gasteiger partial charge in [-0.2, -0.15) is 0 Å². The van der Waals surface area contributed by atoms with Crippen LogP contribution in [-0.4, -0.2) is 51.5 Å². The molecule has 0 bridgehead atoms. The first-order valence-corrected chi connectivity index (χ1v) is 10.6. The SMILES string of the molecule is Cc1ccc(C(=O)N2CC3C(C2)C3N(C)c2nc(-c3ccncc3F)cc(=O)n2C)cc1. The third-order valence-electron chi connectivity index (χ3n) is 6.66. The average molecular weight is 433 g/mol. The van der Waals surface area contributed by atoms with Crippen molar-refractivity contribution >= 4 is 11.9 Å². The van der Waals surface area contributed by atoms with Crippen molar-refractivity contribution in [1.29, 1.82) is 0 Å². The van der Waals surface area contributed by atoms with Crippen LogP contribution < -0.4 is 10.5 Å². The molecule has 5 rings (SSSR count). The van der Waals surface area contributed by atoms with Gasteiger partial charge in [-0.25, -0.2) is 9.37 Å². The van der Waals surface area contributed by atoms with Crippen LogP contribution in [0.2, 0.25) is 0 Å². The second-order valence-corrected chi connectivity index (χ2v) is 8.70. The van der Waals surface area contributed by atoms with E-state index in [1.165, 1.54) is 22.9 Å². The summed E-state index contributed by atoms with van der Waals surface area (Å²) in [6, 6.07) is 10.7. The molecule has 32 heavy (non-hydrogen) atoms. The second kappa shape index (κ2) is 7.55. The van der Waals surface area contributed by atoms with E-state index in [4.69, 9.17) is 0 Å². The van der Waals surface area contributed by atoms with E-state index in [-0.39, 0.29) is 28.8 Å². The van der Waals surface area contributed by atoms with Gasteiger partial charge in [-0.15, -0.1) is 0 Å². The summed E-state index contributed by atoms with van der Waals surface area (Å²) in [5, 5.41) is 0. The first-order valence-electron chi connectivity index (χ1n) is 10.6. The Morgan fingerprint density at radius 3 is 2.50 bits per heavy atom. The molecule has 2 fully saturated rings. The van der Waals surface area contributed by atoms with Gasteiger partial charge in [0.25, 0.3) is 11.5 Å². The predicted octanol–water partition coefficient (Wildman–Crippen LogP) is 2.50. The molecule has 7 nitrogen and oxygen atoms in total. The Kier molecular flexibility index (Phi) is 4.80. The van der Waals surface area contributed by atoms with Crippen molar-refractivity contribution in [2.45, 2.75) is 13.0 Å². The van der Waals surface area contributed by atoms with Crippen LogP contribution in [-0.2, 0) is 7.05 Å². The number of rotatable bonds is 4. The summed E-state index contributed by atoms with van der Waals surface area (Å²) in [7, 11) is 3.57. The van der Waals surface area contributed by atoms with Crippen LogP contribution in [0.4, 0.5) is 10.3 Å². The highest BCUT2D eigenvalue weighted by molar-refractivity contribution is 5.94. The number of carbonyl (C=O) groups is 1. The average Bonchev–Trinajstić information content (AvgIpc) is 3.28. The van der Waals surface area contributed by atoms with Crippen LogP contribution in [0.25, 0.3) is 11.3 Å². The summed E-state index contributed by atoms with van der Waals surface area (Å²) in [5.74, 6) is 0.675. The van der Waals surface area contributed by atoms with Crippen LogP contribution in [0.15, 0.2) is 53.6 Å². The summed E-state index contributed by atoms with van der Waals surface area (Å²) >= 11 is 0. The first-order chi connectivity index (χ1) is 15.3. The quantitative estimate of drug-likeness (QED) is 0.632. The summed E-state index contributed by atoms with van der Waals surface area (Å²) < 4.78 is 15.7. The van der Waals surface area contributed by atoms with Gasteiger partial charge >= 0.3 is 0 Å². The minimum absolute atomic E-state index is 0.0549. The summed E-state index contributed by atoms with van der Waals surface area (Å²) in [6.07, 6.45) is 2.59. The van der Waals surface area contributed by atoms with E-state index in [0.717, 1.165) is 11.8 Å².